The lowest BCUT2D eigenvalue weighted by atomic mass is 10.2. The molecule has 0 fully saturated rings. The molecule has 0 aliphatic carbocycles. The number of carbonyl (C=O) groups excluding carboxylic acids is 1. The molecule has 0 heterocycles. The maximum absolute atomic E-state index is 11.4. The summed E-state index contributed by atoms with van der Waals surface area (Å²) in [5.74, 6) is 0.315. The third-order valence-electron chi connectivity index (χ3n) is 2.14. The van der Waals surface area contributed by atoms with E-state index in [1.807, 2.05) is 13.8 Å². The van der Waals surface area contributed by atoms with Gasteiger partial charge in [-0.3, -0.25) is 4.79 Å². The summed E-state index contributed by atoms with van der Waals surface area (Å²) in [6.07, 6.45) is 0.625. The Kier molecular flexibility index (Phi) is 4.21. The molecule has 1 aromatic rings. The molecule has 0 amide bonds. The second-order valence-corrected chi connectivity index (χ2v) is 4.81. The summed E-state index contributed by atoms with van der Waals surface area (Å²) in [6, 6.07) is 8.29. The zero-order valence-corrected chi connectivity index (χ0v) is 9.73. The summed E-state index contributed by atoms with van der Waals surface area (Å²) >= 11 is 1.64. The molecule has 1 rings (SSSR count). The second-order valence-electron chi connectivity index (χ2n) is 3.39. The van der Waals surface area contributed by atoms with Crippen LogP contribution in [0.3, 0.4) is 0 Å². The van der Waals surface area contributed by atoms with Gasteiger partial charge in [-0.15, -0.1) is 11.8 Å². The number of Topliss-reactive ketones (excluding diaryl/α,β-unsaturated/α-hetero) is 1. The summed E-state index contributed by atoms with van der Waals surface area (Å²) < 4.78 is 0. The van der Waals surface area contributed by atoms with Gasteiger partial charge in [0, 0.05) is 11.3 Å². The molecule has 0 bridgehead atoms. The van der Waals surface area contributed by atoms with Gasteiger partial charge in [-0.25, -0.2) is 0 Å². The first-order valence-electron chi connectivity index (χ1n) is 4.89. The number of rotatable bonds is 4. The molecule has 0 saturated carbocycles. The SMILES string of the molecule is CCC(=O)C(C)Sc1ccc(C)cc1. The minimum absolute atomic E-state index is 0.0720. The minimum Gasteiger partial charge on any atom is -0.298 e. The van der Waals surface area contributed by atoms with Crippen molar-refractivity contribution < 1.29 is 4.79 Å². The van der Waals surface area contributed by atoms with Gasteiger partial charge in [-0.1, -0.05) is 24.6 Å². The van der Waals surface area contributed by atoms with Crippen molar-refractivity contribution in [2.24, 2.45) is 0 Å². The van der Waals surface area contributed by atoms with E-state index < -0.39 is 0 Å². The molecule has 0 aliphatic heterocycles. The summed E-state index contributed by atoms with van der Waals surface area (Å²) in [4.78, 5) is 12.5. The Morgan fingerprint density at radius 1 is 1.36 bits per heavy atom. The average Bonchev–Trinajstić information content (AvgIpc) is 2.20. The van der Waals surface area contributed by atoms with Crippen molar-refractivity contribution in [3.8, 4) is 0 Å². The number of thioether (sulfide) groups is 1. The second kappa shape index (κ2) is 5.20. The topological polar surface area (TPSA) is 17.1 Å². The van der Waals surface area contributed by atoms with Gasteiger partial charge >= 0.3 is 0 Å². The predicted octanol–water partition coefficient (Wildman–Crippen LogP) is 3.45. The van der Waals surface area contributed by atoms with Crippen molar-refractivity contribution in [1.82, 2.24) is 0 Å². The number of aryl methyl sites for hydroxylation is 1. The van der Waals surface area contributed by atoms with E-state index in [-0.39, 0.29) is 5.25 Å². The Hall–Kier alpha value is -0.760. The quantitative estimate of drug-likeness (QED) is 0.705. The highest BCUT2D eigenvalue weighted by Gasteiger charge is 2.11. The molecule has 0 aromatic heterocycles. The average molecular weight is 208 g/mol. The van der Waals surface area contributed by atoms with Crippen molar-refractivity contribution in [1.29, 1.82) is 0 Å². The van der Waals surface area contributed by atoms with Crippen LogP contribution in [0, 0.1) is 6.92 Å². The standard InChI is InChI=1S/C12H16OS/c1-4-12(13)10(3)14-11-7-5-9(2)6-8-11/h5-8,10H,4H2,1-3H3. The van der Waals surface area contributed by atoms with Crippen molar-refractivity contribution >= 4 is 17.5 Å². The first-order chi connectivity index (χ1) is 6.63. The molecule has 0 N–H and O–H groups in total. The molecule has 14 heavy (non-hydrogen) atoms. The van der Waals surface area contributed by atoms with Gasteiger partial charge in [0.15, 0.2) is 0 Å². The maximum atomic E-state index is 11.4. The van der Waals surface area contributed by atoms with E-state index >= 15 is 0 Å². The van der Waals surface area contributed by atoms with E-state index in [0.29, 0.717) is 12.2 Å². The molecule has 1 aromatic carbocycles. The largest absolute Gasteiger partial charge is 0.298 e. The predicted molar refractivity (Wildman–Crippen MR) is 61.8 cm³/mol. The Morgan fingerprint density at radius 2 is 1.93 bits per heavy atom. The van der Waals surface area contributed by atoms with Crippen LogP contribution in [0.4, 0.5) is 0 Å². The van der Waals surface area contributed by atoms with Crippen LogP contribution < -0.4 is 0 Å². The van der Waals surface area contributed by atoms with E-state index in [2.05, 4.69) is 31.2 Å². The molecule has 1 atom stereocenters. The Bertz CT molecular complexity index is 303. The number of hydrogen-bond acceptors (Lipinski definition) is 2. The minimum atomic E-state index is 0.0720. The lowest BCUT2D eigenvalue weighted by Crippen LogP contribution is -2.10. The normalized spacial score (nSPS) is 12.5. The van der Waals surface area contributed by atoms with Gasteiger partial charge in [0.2, 0.25) is 0 Å². The highest BCUT2D eigenvalue weighted by atomic mass is 32.2. The number of hydrogen-bond donors (Lipinski definition) is 0. The Labute approximate surface area is 89.9 Å². The highest BCUT2D eigenvalue weighted by molar-refractivity contribution is 8.00. The maximum Gasteiger partial charge on any atom is 0.145 e. The van der Waals surface area contributed by atoms with E-state index in [9.17, 15) is 4.79 Å². The smallest absolute Gasteiger partial charge is 0.145 e. The molecule has 0 spiro atoms. The first kappa shape index (κ1) is 11.3. The number of ketones is 1. The molecule has 76 valence electrons. The Morgan fingerprint density at radius 3 is 2.43 bits per heavy atom. The van der Waals surface area contributed by atoms with Crippen LogP contribution >= 0.6 is 11.8 Å². The van der Waals surface area contributed by atoms with Crippen LogP contribution in [0.1, 0.15) is 25.8 Å². The van der Waals surface area contributed by atoms with E-state index in [1.165, 1.54) is 10.5 Å². The fourth-order valence-corrected chi connectivity index (χ4v) is 2.17. The van der Waals surface area contributed by atoms with Crippen LogP contribution in [-0.4, -0.2) is 11.0 Å². The van der Waals surface area contributed by atoms with Crippen molar-refractivity contribution in [3.63, 3.8) is 0 Å². The number of benzene rings is 1. The van der Waals surface area contributed by atoms with E-state index in [4.69, 9.17) is 0 Å². The summed E-state index contributed by atoms with van der Waals surface area (Å²) in [5.41, 5.74) is 1.25. The van der Waals surface area contributed by atoms with Crippen LogP contribution in [0.5, 0.6) is 0 Å². The summed E-state index contributed by atoms with van der Waals surface area (Å²) in [5, 5.41) is 0.0720. The molecular weight excluding hydrogens is 192 g/mol. The zero-order chi connectivity index (χ0) is 10.6. The van der Waals surface area contributed by atoms with Gasteiger partial charge in [0.1, 0.15) is 5.78 Å². The van der Waals surface area contributed by atoms with Crippen LogP contribution in [0.2, 0.25) is 0 Å². The van der Waals surface area contributed by atoms with Crippen LogP contribution in [0.25, 0.3) is 0 Å². The van der Waals surface area contributed by atoms with Gasteiger partial charge in [-0.05, 0) is 26.0 Å². The third-order valence-corrected chi connectivity index (χ3v) is 3.30. The van der Waals surface area contributed by atoms with Crippen molar-refractivity contribution in [3.05, 3.63) is 29.8 Å². The molecular formula is C12H16OS. The first-order valence-corrected chi connectivity index (χ1v) is 5.77. The molecule has 1 unspecified atom stereocenters. The summed E-state index contributed by atoms with van der Waals surface area (Å²) in [7, 11) is 0. The fourth-order valence-electron chi connectivity index (χ4n) is 1.17. The number of carbonyl (C=O) groups is 1. The Balaban J connectivity index is 2.60. The fraction of sp³-hybridized carbons (Fsp3) is 0.417. The van der Waals surface area contributed by atoms with E-state index in [0.717, 1.165) is 0 Å². The van der Waals surface area contributed by atoms with Gasteiger partial charge in [-0.2, -0.15) is 0 Å². The molecule has 0 saturated heterocycles. The van der Waals surface area contributed by atoms with Crippen molar-refractivity contribution in [2.45, 2.75) is 37.3 Å². The lowest BCUT2D eigenvalue weighted by Gasteiger charge is -2.08. The lowest BCUT2D eigenvalue weighted by molar-refractivity contribution is -0.117. The van der Waals surface area contributed by atoms with Crippen molar-refractivity contribution in [2.75, 3.05) is 0 Å². The molecule has 2 heteroatoms. The highest BCUT2D eigenvalue weighted by Crippen LogP contribution is 2.24. The van der Waals surface area contributed by atoms with Gasteiger partial charge in [0.25, 0.3) is 0 Å². The molecule has 1 nitrogen and oxygen atoms in total. The van der Waals surface area contributed by atoms with Gasteiger partial charge in [0.05, 0.1) is 5.25 Å². The van der Waals surface area contributed by atoms with E-state index in [1.54, 1.807) is 11.8 Å². The summed E-state index contributed by atoms with van der Waals surface area (Å²) in [6.45, 7) is 5.94. The van der Waals surface area contributed by atoms with Gasteiger partial charge < -0.3 is 0 Å². The third kappa shape index (κ3) is 3.18. The monoisotopic (exact) mass is 208 g/mol. The molecule has 0 radical (unpaired) electrons. The molecule has 0 aliphatic rings. The zero-order valence-electron chi connectivity index (χ0n) is 8.91. The van der Waals surface area contributed by atoms with Crippen LogP contribution in [0.15, 0.2) is 29.2 Å². The van der Waals surface area contributed by atoms with Crippen LogP contribution in [-0.2, 0) is 4.79 Å².